The average molecular weight is 355 g/mol. The Morgan fingerprint density at radius 3 is 2.91 bits per heavy atom. The van der Waals surface area contributed by atoms with Crippen molar-refractivity contribution in [2.75, 3.05) is 6.54 Å². The van der Waals surface area contributed by atoms with Crippen LogP contribution < -0.4 is 4.72 Å². The third-order valence-corrected chi connectivity index (χ3v) is 6.03. The highest BCUT2D eigenvalue weighted by atomic mass is 35.5. The monoisotopic (exact) mass is 354 g/mol. The van der Waals surface area contributed by atoms with Gasteiger partial charge in [-0.3, -0.25) is 4.79 Å². The minimum absolute atomic E-state index is 0.00986. The van der Waals surface area contributed by atoms with Crippen molar-refractivity contribution < 1.29 is 13.2 Å². The highest BCUT2D eigenvalue weighted by molar-refractivity contribution is 7.89. The summed E-state index contributed by atoms with van der Waals surface area (Å²) in [4.78, 5) is 14.4. The van der Waals surface area contributed by atoms with Gasteiger partial charge in [0.1, 0.15) is 0 Å². The third kappa shape index (κ3) is 3.59. The highest BCUT2D eigenvalue weighted by Gasteiger charge is 2.36. The Bertz CT molecular complexity index is 733. The van der Waals surface area contributed by atoms with E-state index in [0.717, 1.165) is 19.3 Å². The van der Waals surface area contributed by atoms with Crippen LogP contribution in [0.4, 0.5) is 0 Å². The van der Waals surface area contributed by atoms with E-state index in [1.807, 2.05) is 4.90 Å². The standard InChI is InChI=1S/C16H19ClN2O3S/c17-12-3-1-6-15(11-12)23(21,22)18-10-9-16(20)19-13-4-2-5-14(19)8-7-13/h1-4,6,11,13-14,18H,5,7-10H2. The Kier molecular flexibility index (Phi) is 4.75. The van der Waals surface area contributed by atoms with Crippen LogP contribution in [0.15, 0.2) is 41.3 Å². The van der Waals surface area contributed by atoms with Gasteiger partial charge in [-0.25, -0.2) is 13.1 Å². The number of amides is 1. The van der Waals surface area contributed by atoms with Gasteiger partial charge >= 0.3 is 0 Å². The van der Waals surface area contributed by atoms with Crippen LogP contribution >= 0.6 is 11.6 Å². The number of fused-ring (bicyclic) bond motifs is 2. The molecule has 2 aliphatic heterocycles. The molecule has 1 saturated heterocycles. The van der Waals surface area contributed by atoms with E-state index in [2.05, 4.69) is 16.9 Å². The molecule has 1 aromatic carbocycles. The Morgan fingerprint density at radius 1 is 1.35 bits per heavy atom. The van der Waals surface area contributed by atoms with Crippen LogP contribution in [0.25, 0.3) is 0 Å². The number of nitrogens with one attached hydrogen (secondary N) is 1. The predicted octanol–water partition coefficient (Wildman–Crippen LogP) is 2.33. The summed E-state index contributed by atoms with van der Waals surface area (Å²) < 4.78 is 26.8. The Morgan fingerprint density at radius 2 is 2.17 bits per heavy atom. The summed E-state index contributed by atoms with van der Waals surface area (Å²) in [5.74, 6) is 0.00986. The maximum Gasteiger partial charge on any atom is 0.240 e. The molecule has 2 bridgehead atoms. The fourth-order valence-electron chi connectivity index (χ4n) is 3.25. The fraction of sp³-hybridized carbons (Fsp3) is 0.438. The van der Waals surface area contributed by atoms with Crippen LogP contribution in [0.2, 0.25) is 5.02 Å². The molecule has 0 aromatic heterocycles. The van der Waals surface area contributed by atoms with Crippen molar-refractivity contribution in [1.29, 1.82) is 0 Å². The smallest absolute Gasteiger partial charge is 0.240 e. The van der Waals surface area contributed by atoms with Gasteiger partial charge in [0, 0.05) is 24.0 Å². The number of hydrogen-bond donors (Lipinski definition) is 1. The SMILES string of the molecule is O=C(CCNS(=O)(=O)c1cccc(Cl)c1)N1C2C=CCC1CC2. The van der Waals surface area contributed by atoms with Gasteiger partial charge in [0.05, 0.1) is 10.9 Å². The zero-order valence-corrected chi connectivity index (χ0v) is 14.2. The molecule has 2 heterocycles. The molecule has 2 aliphatic rings. The topological polar surface area (TPSA) is 66.5 Å². The summed E-state index contributed by atoms with van der Waals surface area (Å²) in [5, 5.41) is 0.362. The lowest BCUT2D eigenvalue weighted by atomic mass is 10.1. The lowest BCUT2D eigenvalue weighted by Gasteiger charge is -2.31. The van der Waals surface area contributed by atoms with Gasteiger partial charge in [0.2, 0.25) is 15.9 Å². The van der Waals surface area contributed by atoms with E-state index in [1.54, 1.807) is 12.1 Å². The number of rotatable bonds is 5. The van der Waals surface area contributed by atoms with Crippen LogP contribution in [-0.2, 0) is 14.8 Å². The summed E-state index contributed by atoms with van der Waals surface area (Å²) in [6, 6.07) is 6.53. The molecule has 1 amide bonds. The first-order valence-electron chi connectivity index (χ1n) is 7.70. The third-order valence-electron chi connectivity index (χ3n) is 4.34. The van der Waals surface area contributed by atoms with Crippen LogP contribution in [0.5, 0.6) is 0 Å². The molecule has 0 radical (unpaired) electrons. The van der Waals surface area contributed by atoms with Crippen molar-refractivity contribution in [3.63, 3.8) is 0 Å². The van der Waals surface area contributed by atoms with E-state index in [9.17, 15) is 13.2 Å². The van der Waals surface area contributed by atoms with Crippen molar-refractivity contribution in [2.45, 2.75) is 42.7 Å². The number of benzene rings is 1. The predicted molar refractivity (Wildman–Crippen MR) is 88.7 cm³/mol. The largest absolute Gasteiger partial charge is 0.333 e. The van der Waals surface area contributed by atoms with Crippen molar-refractivity contribution in [1.82, 2.24) is 9.62 Å². The number of halogens is 1. The van der Waals surface area contributed by atoms with Crippen molar-refractivity contribution in [3.05, 3.63) is 41.4 Å². The first-order chi connectivity index (χ1) is 11.0. The first-order valence-corrected chi connectivity index (χ1v) is 9.56. The summed E-state index contributed by atoms with van der Waals surface area (Å²) in [6.07, 6.45) is 7.31. The summed E-state index contributed by atoms with van der Waals surface area (Å²) in [5.41, 5.74) is 0. The molecule has 1 N–H and O–H groups in total. The molecule has 1 fully saturated rings. The Balaban J connectivity index is 1.57. The first kappa shape index (κ1) is 16.5. The normalized spacial score (nSPS) is 23.3. The van der Waals surface area contributed by atoms with E-state index in [4.69, 9.17) is 11.6 Å². The number of hydrogen-bond acceptors (Lipinski definition) is 3. The number of carbonyl (C=O) groups excluding carboxylic acids is 1. The minimum Gasteiger partial charge on any atom is -0.333 e. The van der Waals surface area contributed by atoms with Crippen LogP contribution in [0.1, 0.15) is 25.7 Å². The highest BCUT2D eigenvalue weighted by Crippen LogP contribution is 2.31. The van der Waals surface area contributed by atoms with Crippen LogP contribution in [-0.4, -0.2) is 37.9 Å². The van der Waals surface area contributed by atoms with Gasteiger partial charge in [0.25, 0.3) is 0 Å². The molecule has 7 heteroatoms. The van der Waals surface area contributed by atoms with Gasteiger partial charge in [-0.05, 0) is 37.5 Å². The number of sulfonamides is 1. The molecule has 23 heavy (non-hydrogen) atoms. The summed E-state index contributed by atoms with van der Waals surface area (Å²) >= 11 is 5.82. The van der Waals surface area contributed by atoms with Crippen molar-refractivity contribution >= 4 is 27.5 Å². The lowest BCUT2D eigenvalue weighted by molar-refractivity contribution is -0.133. The summed E-state index contributed by atoms with van der Waals surface area (Å²) in [7, 11) is -3.64. The van der Waals surface area contributed by atoms with Gasteiger partial charge in [-0.1, -0.05) is 29.8 Å². The lowest BCUT2D eigenvalue weighted by Crippen LogP contribution is -2.43. The molecule has 0 aliphatic carbocycles. The maximum absolute atomic E-state index is 12.4. The second-order valence-electron chi connectivity index (χ2n) is 5.87. The average Bonchev–Trinajstić information content (AvgIpc) is 2.76. The molecule has 0 saturated carbocycles. The Hall–Kier alpha value is -1.37. The zero-order chi connectivity index (χ0) is 16.4. The maximum atomic E-state index is 12.4. The zero-order valence-electron chi connectivity index (χ0n) is 12.6. The number of nitrogens with zero attached hydrogens (tertiary/aromatic N) is 1. The minimum atomic E-state index is -3.64. The van der Waals surface area contributed by atoms with Crippen LogP contribution in [0.3, 0.4) is 0 Å². The van der Waals surface area contributed by atoms with Gasteiger partial charge in [-0.2, -0.15) is 0 Å². The van der Waals surface area contributed by atoms with E-state index in [1.165, 1.54) is 12.1 Å². The molecule has 2 unspecified atom stereocenters. The Labute approximate surface area is 141 Å². The molecule has 124 valence electrons. The quantitative estimate of drug-likeness (QED) is 0.825. The van der Waals surface area contributed by atoms with Crippen molar-refractivity contribution in [2.24, 2.45) is 0 Å². The van der Waals surface area contributed by atoms with Crippen LogP contribution in [0, 0.1) is 0 Å². The molecule has 0 spiro atoms. The van der Waals surface area contributed by atoms with Gasteiger partial charge in [0.15, 0.2) is 0 Å². The molecular formula is C16H19ClN2O3S. The molecule has 1 aromatic rings. The fourth-order valence-corrected chi connectivity index (χ4v) is 4.58. The summed E-state index contributed by atoms with van der Waals surface area (Å²) in [6.45, 7) is 0.0906. The van der Waals surface area contributed by atoms with Gasteiger partial charge < -0.3 is 4.90 Å². The van der Waals surface area contributed by atoms with Gasteiger partial charge in [-0.15, -0.1) is 0 Å². The van der Waals surface area contributed by atoms with E-state index >= 15 is 0 Å². The van der Waals surface area contributed by atoms with E-state index < -0.39 is 10.0 Å². The molecule has 3 rings (SSSR count). The second kappa shape index (κ2) is 6.63. The molecule has 2 atom stereocenters. The van der Waals surface area contributed by atoms with E-state index in [-0.39, 0.29) is 35.9 Å². The molecule has 5 nitrogen and oxygen atoms in total. The van der Waals surface area contributed by atoms with Crippen molar-refractivity contribution in [3.8, 4) is 0 Å². The number of carbonyl (C=O) groups is 1. The van der Waals surface area contributed by atoms with E-state index in [0.29, 0.717) is 5.02 Å². The molecular weight excluding hydrogens is 336 g/mol. The second-order valence-corrected chi connectivity index (χ2v) is 8.07.